The lowest BCUT2D eigenvalue weighted by Gasteiger charge is -2.17. The highest BCUT2D eigenvalue weighted by molar-refractivity contribution is 5.45. The second-order valence-electron chi connectivity index (χ2n) is 4.26. The van der Waals surface area contributed by atoms with Crippen LogP contribution in [-0.4, -0.2) is 12.2 Å². The Morgan fingerprint density at radius 2 is 1.67 bits per heavy atom. The van der Waals surface area contributed by atoms with E-state index in [0.29, 0.717) is 0 Å². The number of hydrogen-bond donors (Lipinski definition) is 1. The number of aliphatic hydroxyl groups is 1. The van der Waals surface area contributed by atoms with Gasteiger partial charge in [0.15, 0.2) is 6.10 Å². The number of para-hydroxylation sites is 2. The van der Waals surface area contributed by atoms with E-state index in [1.165, 1.54) is 0 Å². The fourth-order valence-electron chi connectivity index (χ4n) is 2.33. The van der Waals surface area contributed by atoms with Crippen molar-refractivity contribution in [3.63, 3.8) is 0 Å². The van der Waals surface area contributed by atoms with Crippen LogP contribution < -0.4 is 9.47 Å². The molecule has 0 bridgehead atoms. The molecule has 92 valence electrons. The van der Waals surface area contributed by atoms with Gasteiger partial charge in [-0.2, -0.15) is 0 Å². The summed E-state index contributed by atoms with van der Waals surface area (Å²) in [6.07, 6.45) is -1.06. The zero-order chi connectivity index (χ0) is 12.5. The Morgan fingerprint density at radius 3 is 2.39 bits per heavy atom. The first kappa shape index (κ1) is 11.1. The molecule has 2 aromatic rings. The van der Waals surface area contributed by atoms with E-state index < -0.39 is 12.2 Å². The van der Waals surface area contributed by atoms with Crippen molar-refractivity contribution in [2.45, 2.75) is 12.2 Å². The second kappa shape index (κ2) is 4.35. The van der Waals surface area contributed by atoms with Gasteiger partial charge in [-0.05, 0) is 12.1 Å². The summed E-state index contributed by atoms with van der Waals surface area (Å²) < 4.78 is 11.1. The predicted molar refractivity (Wildman–Crippen MR) is 67.8 cm³/mol. The minimum Gasteiger partial charge on any atom is -0.496 e. The van der Waals surface area contributed by atoms with Gasteiger partial charge < -0.3 is 14.6 Å². The maximum atomic E-state index is 10.3. The zero-order valence-corrected chi connectivity index (χ0v) is 10.0. The van der Waals surface area contributed by atoms with Crippen molar-refractivity contribution in [3.8, 4) is 11.5 Å². The number of rotatable bonds is 2. The summed E-state index contributed by atoms with van der Waals surface area (Å²) in [5.74, 6) is 1.47. The molecule has 0 aliphatic carbocycles. The lowest BCUT2D eigenvalue weighted by molar-refractivity contribution is 0.0657. The summed E-state index contributed by atoms with van der Waals surface area (Å²) in [7, 11) is 1.62. The average molecular weight is 242 g/mol. The first-order chi connectivity index (χ1) is 8.81. The van der Waals surface area contributed by atoms with Crippen molar-refractivity contribution in [3.05, 3.63) is 59.7 Å². The van der Waals surface area contributed by atoms with Crippen LogP contribution in [0.4, 0.5) is 0 Å². The lowest BCUT2D eigenvalue weighted by Crippen LogP contribution is -2.10. The number of hydrogen-bond acceptors (Lipinski definition) is 3. The highest BCUT2D eigenvalue weighted by Gasteiger charge is 2.35. The summed E-state index contributed by atoms with van der Waals surface area (Å²) >= 11 is 0. The van der Waals surface area contributed by atoms with Gasteiger partial charge in [0.2, 0.25) is 0 Å². The van der Waals surface area contributed by atoms with Crippen molar-refractivity contribution in [1.82, 2.24) is 0 Å². The summed E-state index contributed by atoms with van der Waals surface area (Å²) in [6, 6.07) is 15.1. The van der Waals surface area contributed by atoms with Crippen molar-refractivity contribution in [2.75, 3.05) is 7.11 Å². The second-order valence-corrected chi connectivity index (χ2v) is 4.26. The number of ether oxygens (including phenoxy) is 2. The van der Waals surface area contributed by atoms with E-state index in [0.717, 1.165) is 22.6 Å². The molecular formula is C15H14O3. The Kier molecular flexibility index (Phi) is 2.68. The molecule has 1 heterocycles. The average Bonchev–Trinajstić information content (AvgIpc) is 2.76. The molecule has 3 heteroatoms. The van der Waals surface area contributed by atoms with Gasteiger partial charge in [-0.1, -0.05) is 36.4 Å². The van der Waals surface area contributed by atoms with Crippen LogP contribution in [0.25, 0.3) is 0 Å². The molecular weight excluding hydrogens is 228 g/mol. The van der Waals surface area contributed by atoms with Gasteiger partial charge in [0, 0.05) is 11.1 Å². The highest BCUT2D eigenvalue weighted by atomic mass is 16.5. The van der Waals surface area contributed by atoms with Crippen LogP contribution in [0.2, 0.25) is 0 Å². The fourth-order valence-corrected chi connectivity index (χ4v) is 2.33. The van der Waals surface area contributed by atoms with Crippen LogP contribution in [0.1, 0.15) is 23.3 Å². The van der Waals surface area contributed by atoms with Crippen LogP contribution in [-0.2, 0) is 0 Å². The van der Waals surface area contributed by atoms with Crippen LogP contribution in [0.5, 0.6) is 11.5 Å². The first-order valence-corrected chi connectivity index (χ1v) is 5.88. The van der Waals surface area contributed by atoms with Crippen molar-refractivity contribution >= 4 is 0 Å². The standard InChI is InChI=1S/C15H14O3/c1-17-12-8-4-3-7-11(12)15-14(16)10-6-2-5-9-13(10)18-15/h2-9,14-16H,1H3. The molecule has 3 rings (SSSR count). The molecule has 0 saturated carbocycles. The maximum absolute atomic E-state index is 10.3. The van der Waals surface area contributed by atoms with Crippen LogP contribution in [0.15, 0.2) is 48.5 Å². The summed E-state index contributed by atoms with van der Waals surface area (Å²) in [6.45, 7) is 0. The monoisotopic (exact) mass is 242 g/mol. The van der Waals surface area contributed by atoms with E-state index in [4.69, 9.17) is 9.47 Å². The highest BCUT2D eigenvalue weighted by Crippen LogP contribution is 2.46. The zero-order valence-electron chi connectivity index (χ0n) is 10.0. The molecule has 2 unspecified atom stereocenters. The van der Waals surface area contributed by atoms with Gasteiger partial charge in [0.1, 0.15) is 17.6 Å². The summed E-state index contributed by atoms with van der Waals surface area (Å²) in [5.41, 5.74) is 1.69. The van der Waals surface area contributed by atoms with Gasteiger partial charge >= 0.3 is 0 Å². The largest absolute Gasteiger partial charge is 0.496 e. The molecule has 3 nitrogen and oxygen atoms in total. The SMILES string of the molecule is COc1ccccc1C1Oc2ccccc2C1O. The van der Waals surface area contributed by atoms with Gasteiger partial charge in [0.25, 0.3) is 0 Å². The quantitative estimate of drug-likeness (QED) is 0.880. The maximum Gasteiger partial charge on any atom is 0.157 e. The lowest BCUT2D eigenvalue weighted by atomic mass is 10.00. The first-order valence-electron chi connectivity index (χ1n) is 5.88. The Morgan fingerprint density at radius 1 is 1.00 bits per heavy atom. The van der Waals surface area contributed by atoms with Crippen LogP contribution in [0.3, 0.4) is 0 Å². The van der Waals surface area contributed by atoms with Gasteiger partial charge in [-0.15, -0.1) is 0 Å². The minimum absolute atomic E-state index is 0.404. The molecule has 0 saturated heterocycles. The summed E-state index contributed by atoms with van der Waals surface area (Å²) in [4.78, 5) is 0. The Labute approximate surface area is 106 Å². The number of methoxy groups -OCH3 is 1. The molecule has 18 heavy (non-hydrogen) atoms. The van der Waals surface area contributed by atoms with Crippen LogP contribution in [0, 0.1) is 0 Å². The normalized spacial score (nSPS) is 21.2. The van der Waals surface area contributed by atoms with Crippen molar-refractivity contribution in [2.24, 2.45) is 0 Å². The fraction of sp³-hybridized carbons (Fsp3) is 0.200. The molecule has 1 aliphatic heterocycles. The van der Waals surface area contributed by atoms with Crippen LogP contribution >= 0.6 is 0 Å². The third-order valence-electron chi connectivity index (χ3n) is 3.22. The summed E-state index contributed by atoms with van der Waals surface area (Å²) in [5, 5.41) is 10.3. The Balaban J connectivity index is 2.01. The van der Waals surface area contributed by atoms with Crippen molar-refractivity contribution in [1.29, 1.82) is 0 Å². The molecule has 1 aliphatic rings. The van der Waals surface area contributed by atoms with E-state index in [2.05, 4.69) is 0 Å². The molecule has 0 amide bonds. The van der Waals surface area contributed by atoms with E-state index in [9.17, 15) is 5.11 Å². The number of benzene rings is 2. The van der Waals surface area contributed by atoms with Gasteiger partial charge in [-0.3, -0.25) is 0 Å². The number of fused-ring (bicyclic) bond motifs is 1. The molecule has 2 atom stereocenters. The van der Waals surface area contributed by atoms with E-state index >= 15 is 0 Å². The molecule has 0 aromatic heterocycles. The third-order valence-corrected chi connectivity index (χ3v) is 3.22. The Hall–Kier alpha value is -2.00. The van der Waals surface area contributed by atoms with Gasteiger partial charge in [0.05, 0.1) is 7.11 Å². The molecule has 1 N–H and O–H groups in total. The predicted octanol–water partition coefficient (Wildman–Crippen LogP) is 2.86. The van der Waals surface area contributed by atoms with E-state index in [-0.39, 0.29) is 0 Å². The van der Waals surface area contributed by atoms with E-state index in [1.54, 1.807) is 7.11 Å². The van der Waals surface area contributed by atoms with E-state index in [1.807, 2.05) is 48.5 Å². The molecule has 2 aromatic carbocycles. The third kappa shape index (κ3) is 1.64. The molecule has 0 fully saturated rings. The number of aliphatic hydroxyl groups excluding tert-OH is 1. The Bertz CT molecular complexity index is 565. The smallest absolute Gasteiger partial charge is 0.157 e. The van der Waals surface area contributed by atoms with Crippen molar-refractivity contribution < 1.29 is 14.6 Å². The molecule has 0 radical (unpaired) electrons. The topological polar surface area (TPSA) is 38.7 Å². The van der Waals surface area contributed by atoms with Gasteiger partial charge in [-0.25, -0.2) is 0 Å². The molecule has 0 spiro atoms. The minimum atomic E-state index is -0.655.